The minimum Gasteiger partial charge on any atom is -0.459 e. The van der Waals surface area contributed by atoms with Crippen LogP contribution in [0.5, 0.6) is 0 Å². The molecule has 0 heterocycles. The average molecular weight is 563 g/mol. The Morgan fingerprint density at radius 2 is 0.450 bits per heavy atom. The molecule has 0 amide bonds. The van der Waals surface area contributed by atoms with Gasteiger partial charge in [-0.3, -0.25) is 0 Å². The number of ether oxygens (including phenoxy) is 2. The zero-order valence-corrected chi connectivity index (χ0v) is 26.8. The van der Waals surface area contributed by atoms with Crippen LogP contribution in [0.4, 0.5) is 0 Å². The third-order valence-corrected chi connectivity index (χ3v) is 1.25. The van der Waals surface area contributed by atoms with Crippen molar-refractivity contribution in [3.8, 4) is 0 Å². The molecule has 0 saturated carbocycles. The Morgan fingerprint density at radius 1 is 0.350 bits per heavy atom. The van der Waals surface area contributed by atoms with Crippen molar-refractivity contribution in [3.05, 3.63) is 195 Å². The van der Waals surface area contributed by atoms with Crippen molar-refractivity contribution in [2.45, 2.75) is 13.8 Å². The predicted octanol–water partition coefficient (Wildman–Crippen LogP) is 11.7. The molecule has 0 N–H and O–H groups in total. The van der Waals surface area contributed by atoms with Gasteiger partial charge in [-0.15, -0.1) is 171 Å². The Kier molecular flexibility index (Phi) is 699. The van der Waals surface area contributed by atoms with Crippen molar-refractivity contribution in [2.24, 2.45) is 0 Å². The lowest BCUT2D eigenvalue weighted by atomic mass is 10.4. The predicted molar refractivity (Wildman–Crippen MR) is 198 cm³/mol. The van der Waals surface area contributed by atoms with E-state index in [1.54, 1.807) is 13.8 Å². The summed E-state index contributed by atoms with van der Waals surface area (Å²) in [5.74, 6) is -0.979. The molecule has 0 aliphatic heterocycles. The Balaban J connectivity index is -0.0000000182. The molecule has 0 aliphatic rings. The van der Waals surface area contributed by atoms with Crippen LogP contribution >= 0.6 is 0 Å². The Bertz CT molecular complexity index is 366. The third-order valence-electron chi connectivity index (χ3n) is 1.25. The second kappa shape index (κ2) is 305. The maximum atomic E-state index is 10.8. The van der Waals surface area contributed by atoms with E-state index in [9.17, 15) is 9.59 Å². The van der Waals surface area contributed by atoms with Crippen LogP contribution in [-0.2, 0) is 19.1 Å². The van der Waals surface area contributed by atoms with Gasteiger partial charge >= 0.3 is 11.9 Å². The van der Waals surface area contributed by atoms with Crippen LogP contribution in [0, 0.1) is 0 Å². The fraction of sp³-hybridized carbons (Fsp3) is 0.111. The molecule has 0 unspecified atom stereocenters. The summed E-state index contributed by atoms with van der Waals surface area (Å²) in [4.78, 5) is 21.7. The van der Waals surface area contributed by atoms with Gasteiger partial charge in [0.05, 0.1) is 0 Å². The summed E-state index contributed by atoms with van der Waals surface area (Å²) in [7, 11) is 0. The highest BCUT2D eigenvalue weighted by Crippen LogP contribution is 1.94. The quantitative estimate of drug-likeness (QED) is 0.145. The van der Waals surface area contributed by atoms with Gasteiger partial charge in [-0.2, -0.15) is 0 Å². The zero-order valence-electron chi connectivity index (χ0n) is 26.8. The monoisotopic (exact) mass is 562 g/mol. The minimum atomic E-state index is -0.489. The van der Waals surface area contributed by atoms with Crippen LogP contribution in [-0.4, -0.2) is 25.2 Å². The first kappa shape index (κ1) is 91.7. The molecule has 0 atom stereocenters. The second-order valence-corrected chi connectivity index (χ2v) is 2.83. The maximum Gasteiger partial charge on any atom is 0.333 e. The summed E-state index contributed by atoms with van der Waals surface area (Å²) >= 11 is 0. The van der Waals surface area contributed by atoms with Gasteiger partial charge in [0.2, 0.25) is 0 Å². The topological polar surface area (TPSA) is 52.6 Å². The summed E-state index contributed by atoms with van der Waals surface area (Å²) in [6.07, 6.45) is 0. The summed E-state index contributed by atoms with van der Waals surface area (Å²) in [5.41, 5.74) is 0.632. The van der Waals surface area contributed by atoms with Gasteiger partial charge < -0.3 is 9.47 Å². The van der Waals surface area contributed by atoms with E-state index in [0.29, 0.717) is 11.1 Å². The molecule has 0 aromatic heterocycles. The van der Waals surface area contributed by atoms with E-state index in [2.05, 4.69) is 194 Å². The van der Waals surface area contributed by atoms with E-state index >= 15 is 0 Å². The smallest absolute Gasteiger partial charge is 0.333 e. The number of rotatable bonds is 5. The molecule has 0 fully saturated rings. The largest absolute Gasteiger partial charge is 0.459 e. The molecule has 0 aliphatic carbocycles. The molecule has 0 bridgehead atoms. The molecular weight excluding hydrogens is 496 g/mol. The zero-order chi connectivity index (χ0) is 37.1. The number of carbonyl (C=O) groups excluding carboxylic acids is 2. The SMILES string of the molecule is C=C.C=C.C=C.C=C.C=C.C=C.C=C.C=C.C=C.C=C.C=C.C=C.C=C.C=C(C)C(=O)OCCOC(=O)C(=C)C. The van der Waals surface area contributed by atoms with E-state index < -0.39 is 11.9 Å². The Morgan fingerprint density at radius 3 is 0.525 bits per heavy atom. The van der Waals surface area contributed by atoms with Gasteiger partial charge in [-0.1, -0.05) is 13.2 Å². The maximum absolute atomic E-state index is 10.8. The van der Waals surface area contributed by atoms with Gasteiger partial charge in [-0.25, -0.2) is 9.59 Å². The van der Waals surface area contributed by atoms with Crippen LogP contribution in [0.1, 0.15) is 13.8 Å². The molecule has 0 aromatic carbocycles. The molecule has 0 radical (unpaired) electrons. The van der Waals surface area contributed by atoms with E-state index in [-0.39, 0.29) is 13.2 Å². The first-order chi connectivity index (χ1) is 19.4. The van der Waals surface area contributed by atoms with Crippen molar-refractivity contribution in [3.63, 3.8) is 0 Å². The molecule has 234 valence electrons. The Labute approximate surface area is 253 Å². The van der Waals surface area contributed by atoms with Crippen LogP contribution in [0.3, 0.4) is 0 Å². The Hall–Kier alpha value is -4.96. The van der Waals surface area contributed by atoms with Crippen molar-refractivity contribution >= 4 is 11.9 Å². The molecule has 0 saturated heterocycles. The lowest BCUT2D eigenvalue weighted by Crippen LogP contribution is -2.14. The summed E-state index contributed by atoms with van der Waals surface area (Å²) in [5, 5.41) is 0. The molecular formula is C36H66O4. The summed E-state index contributed by atoms with van der Waals surface area (Å²) < 4.78 is 9.38. The fourth-order valence-electron chi connectivity index (χ4n) is 0.515. The van der Waals surface area contributed by atoms with E-state index in [4.69, 9.17) is 0 Å². The van der Waals surface area contributed by atoms with Crippen molar-refractivity contribution in [2.75, 3.05) is 13.2 Å². The van der Waals surface area contributed by atoms with Gasteiger partial charge in [-0.05, 0) is 13.8 Å². The van der Waals surface area contributed by atoms with Gasteiger partial charge in [0.15, 0.2) is 0 Å². The lowest BCUT2D eigenvalue weighted by Gasteiger charge is -2.05. The van der Waals surface area contributed by atoms with Crippen LogP contribution in [0.25, 0.3) is 0 Å². The third kappa shape index (κ3) is 336. The van der Waals surface area contributed by atoms with Crippen LogP contribution < -0.4 is 0 Å². The van der Waals surface area contributed by atoms with Gasteiger partial charge in [0.1, 0.15) is 13.2 Å². The van der Waals surface area contributed by atoms with Crippen LogP contribution in [0.2, 0.25) is 0 Å². The molecule has 4 heteroatoms. The van der Waals surface area contributed by atoms with E-state index in [1.165, 1.54) is 0 Å². The number of carbonyl (C=O) groups is 2. The minimum absolute atomic E-state index is 0.0325. The number of esters is 2. The number of hydrogen-bond acceptors (Lipinski definition) is 4. The lowest BCUT2D eigenvalue weighted by molar-refractivity contribution is -0.147. The van der Waals surface area contributed by atoms with Crippen molar-refractivity contribution in [1.82, 2.24) is 0 Å². The normalized spacial score (nSPS) is 4.45. The summed E-state index contributed by atoms with van der Waals surface area (Å²) in [6.45, 7) is 88.0. The molecule has 40 heavy (non-hydrogen) atoms. The van der Waals surface area contributed by atoms with E-state index in [0.717, 1.165) is 0 Å². The first-order valence-corrected chi connectivity index (χ1v) is 10.6. The van der Waals surface area contributed by atoms with Gasteiger partial charge in [0, 0.05) is 11.1 Å². The average Bonchev–Trinajstić information content (AvgIpc) is 3.11. The summed E-state index contributed by atoms with van der Waals surface area (Å²) in [6, 6.07) is 0. The number of hydrogen-bond donors (Lipinski definition) is 0. The second-order valence-electron chi connectivity index (χ2n) is 2.83. The highest BCUT2D eigenvalue weighted by Gasteiger charge is 2.05. The molecule has 0 spiro atoms. The van der Waals surface area contributed by atoms with Gasteiger partial charge in [0.25, 0.3) is 0 Å². The molecule has 0 aromatic rings. The standard InChI is InChI=1S/C10H14O4.13C2H4/c1-7(2)9(11)13-5-6-14-10(12)8(3)4;13*1-2/h1,3,5-6H2,2,4H3;13*1-2H2. The van der Waals surface area contributed by atoms with Crippen LogP contribution in [0.15, 0.2) is 195 Å². The highest BCUT2D eigenvalue weighted by atomic mass is 16.6. The molecule has 0 rings (SSSR count). The molecule has 4 nitrogen and oxygen atoms in total. The van der Waals surface area contributed by atoms with Crippen molar-refractivity contribution < 1.29 is 19.1 Å². The fourth-order valence-corrected chi connectivity index (χ4v) is 0.515. The highest BCUT2D eigenvalue weighted by molar-refractivity contribution is 5.87. The van der Waals surface area contributed by atoms with E-state index in [1.807, 2.05) is 0 Å². The van der Waals surface area contributed by atoms with Crippen molar-refractivity contribution in [1.29, 1.82) is 0 Å². The first-order valence-electron chi connectivity index (χ1n) is 10.6.